The summed E-state index contributed by atoms with van der Waals surface area (Å²) in [6.45, 7) is 3.99. The van der Waals surface area contributed by atoms with Gasteiger partial charge in [0.15, 0.2) is 11.6 Å². The number of halogens is 2. The maximum absolute atomic E-state index is 14.2. The van der Waals surface area contributed by atoms with E-state index in [0.717, 1.165) is 18.4 Å². The highest BCUT2D eigenvalue weighted by atomic mass is 19.1. The molecule has 0 bridgehead atoms. The van der Waals surface area contributed by atoms with Crippen LogP contribution in [0.4, 0.5) is 8.78 Å². The number of benzene rings is 1. The molecule has 3 heteroatoms. The van der Waals surface area contributed by atoms with Gasteiger partial charge in [-0.2, -0.15) is 0 Å². The molecule has 1 aromatic carbocycles. The van der Waals surface area contributed by atoms with Crippen LogP contribution in [0.15, 0.2) is 12.1 Å². The van der Waals surface area contributed by atoms with Gasteiger partial charge in [0.1, 0.15) is 6.17 Å². The quantitative estimate of drug-likeness (QED) is 0.673. The number of alkyl halides is 1. The lowest BCUT2D eigenvalue weighted by Gasteiger charge is -2.41. The summed E-state index contributed by atoms with van der Waals surface area (Å²) in [5, 5.41) is 0. The number of rotatable bonds is 0. The molecule has 1 aliphatic carbocycles. The van der Waals surface area contributed by atoms with Crippen LogP contribution in [0, 0.1) is 24.6 Å². The molecule has 2 aliphatic rings. The van der Waals surface area contributed by atoms with Crippen molar-refractivity contribution >= 4 is 0 Å². The predicted molar refractivity (Wildman–Crippen MR) is 68.3 cm³/mol. The first kappa shape index (κ1) is 11.9. The molecule has 4 unspecified atom stereocenters. The fourth-order valence-corrected chi connectivity index (χ4v) is 3.34. The Morgan fingerprint density at radius 2 is 2.11 bits per heavy atom. The second kappa shape index (κ2) is 4.22. The van der Waals surface area contributed by atoms with E-state index in [1.807, 2.05) is 13.0 Å². The van der Waals surface area contributed by atoms with Gasteiger partial charge in [-0.15, -0.1) is 0 Å². The third-order valence-corrected chi connectivity index (χ3v) is 4.54. The lowest BCUT2D eigenvalue weighted by atomic mass is 9.69. The average Bonchev–Trinajstić information content (AvgIpc) is 2.38. The Hall–Kier alpha value is -1.12. The van der Waals surface area contributed by atoms with Gasteiger partial charge in [0.2, 0.25) is 0 Å². The van der Waals surface area contributed by atoms with Gasteiger partial charge in [0.25, 0.3) is 0 Å². The molecule has 100 valence electrons. The number of ether oxygens (including phenoxy) is 1. The molecule has 0 saturated heterocycles. The van der Waals surface area contributed by atoms with E-state index in [0.29, 0.717) is 17.9 Å². The first-order chi connectivity index (χ1) is 8.59. The smallest absolute Gasteiger partial charge is 0.168 e. The molecule has 0 N–H and O–H groups in total. The molecule has 0 radical (unpaired) electrons. The summed E-state index contributed by atoms with van der Waals surface area (Å²) in [6.07, 6.45) is 0.976. The van der Waals surface area contributed by atoms with Crippen LogP contribution in [0.1, 0.15) is 38.2 Å². The van der Waals surface area contributed by atoms with E-state index in [1.165, 1.54) is 0 Å². The van der Waals surface area contributed by atoms with Crippen LogP contribution in [-0.2, 0) is 0 Å². The van der Waals surface area contributed by atoms with Crippen molar-refractivity contribution in [3.8, 4) is 5.75 Å². The van der Waals surface area contributed by atoms with Crippen LogP contribution >= 0.6 is 0 Å². The van der Waals surface area contributed by atoms with Crippen molar-refractivity contribution in [1.29, 1.82) is 0 Å². The molecule has 18 heavy (non-hydrogen) atoms. The number of fused-ring (bicyclic) bond motifs is 3. The zero-order valence-corrected chi connectivity index (χ0v) is 10.7. The Morgan fingerprint density at radius 3 is 2.89 bits per heavy atom. The average molecular weight is 254 g/mol. The molecular formula is C15H20F2O. The van der Waals surface area contributed by atoms with Crippen LogP contribution in [0.25, 0.3) is 0 Å². The standard InChI is InChI=1S/C15H18F2O.H2/c1-8-3-5-10-11-6-4-9(2)14(17)15(11)18-7-12(10)13(8)16;/h4,6,8,10,12-13H,3,5,7H2,1-2H3;1H. The third-order valence-electron chi connectivity index (χ3n) is 4.54. The molecule has 1 fully saturated rings. The summed E-state index contributed by atoms with van der Waals surface area (Å²) < 4.78 is 33.7. The molecule has 0 amide bonds. The van der Waals surface area contributed by atoms with Gasteiger partial charge in [0, 0.05) is 12.9 Å². The van der Waals surface area contributed by atoms with E-state index in [4.69, 9.17) is 4.74 Å². The zero-order valence-electron chi connectivity index (χ0n) is 10.7. The fourth-order valence-electron chi connectivity index (χ4n) is 3.34. The van der Waals surface area contributed by atoms with Crippen molar-refractivity contribution in [2.45, 2.75) is 38.8 Å². The molecule has 1 aliphatic heterocycles. The van der Waals surface area contributed by atoms with Crippen LogP contribution in [-0.4, -0.2) is 12.8 Å². The maximum Gasteiger partial charge on any atom is 0.168 e. The Morgan fingerprint density at radius 1 is 1.33 bits per heavy atom. The first-order valence-corrected chi connectivity index (χ1v) is 6.65. The minimum atomic E-state index is -0.832. The molecule has 1 aromatic rings. The predicted octanol–water partition coefficient (Wildman–Crippen LogP) is 4.24. The molecule has 0 aromatic heterocycles. The molecule has 4 atom stereocenters. The van der Waals surface area contributed by atoms with Crippen LogP contribution in [0.2, 0.25) is 0 Å². The van der Waals surface area contributed by atoms with Crippen LogP contribution in [0.3, 0.4) is 0 Å². The first-order valence-electron chi connectivity index (χ1n) is 6.65. The van der Waals surface area contributed by atoms with Gasteiger partial charge in [0.05, 0.1) is 6.61 Å². The van der Waals surface area contributed by atoms with Gasteiger partial charge in [-0.25, -0.2) is 8.78 Å². The Bertz CT molecular complexity index is 477. The number of aryl methyl sites for hydroxylation is 1. The van der Waals surface area contributed by atoms with Gasteiger partial charge >= 0.3 is 0 Å². The van der Waals surface area contributed by atoms with Crippen molar-refractivity contribution < 1.29 is 14.9 Å². The van der Waals surface area contributed by atoms with Gasteiger partial charge in [-0.1, -0.05) is 19.1 Å². The SMILES string of the molecule is Cc1ccc2c(c1F)OCC1C2CCC(C)C1F.[HH]. The van der Waals surface area contributed by atoms with Crippen molar-refractivity contribution in [3.63, 3.8) is 0 Å². The second-order valence-corrected chi connectivity index (χ2v) is 5.70. The molecular weight excluding hydrogens is 234 g/mol. The molecule has 1 nitrogen and oxygen atoms in total. The largest absolute Gasteiger partial charge is 0.490 e. The lowest BCUT2D eigenvalue weighted by Crippen LogP contribution is -2.40. The highest BCUT2D eigenvalue weighted by Gasteiger charge is 2.43. The van der Waals surface area contributed by atoms with E-state index in [9.17, 15) is 8.78 Å². The maximum atomic E-state index is 14.2. The summed E-state index contributed by atoms with van der Waals surface area (Å²) in [5.74, 6) is 0.183. The zero-order chi connectivity index (χ0) is 12.9. The summed E-state index contributed by atoms with van der Waals surface area (Å²) in [6, 6.07) is 3.68. The number of hydrogen-bond donors (Lipinski definition) is 0. The fraction of sp³-hybridized carbons (Fsp3) is 0.600. The lowest BCUT2D eigenvalue weighted by molar-refractivity contribution is 0.0383. The van der Waals surface area contributed by atoms with Gasteiger partial charge in [-0.05, 0) is 37.2 Å². The molecule has 0 spiro atoms. The summed E-state index contributed by atoms with van der Waals surface area (Å²) in [5.41, 5.74) is 1.46. The van der Waals surface area contributed by atoms with Crippen molar-refractivity contribution in [1.82, 2.24) is 0 Å². The highest BCUT2D eigenvalue weighted by molar-refractivity contribution is 5.43. The third kappa shape index (κ3) is 1.63. The molecule has 3 rings (SSSR count). The Balaban J connectivity index is 0.00000133. The van der Waals surface area contributed by atoms with E-state index < -0.39 is 6.17 Å². The summed E-state index contributed by atoms with van der Waals surface area (Å²) in [7, 11) is 0. The topological polar surface area (TPSA) is 9.23 Å². The summed E-state index contributed by atoms with van der Waals surface area (Å²) in [4.78, 5) is 0. The highest BCUT2D eigenvalue weighted by Crippen LogP contribution is 2.48. The van der Waals surface area contributed by atoms with Gasteiger partial charge < -0.3 is 4.74 Å². The Labute approximate surface area is 108 Å². The van der Waals surface area contributed by atoms with E-state index in [-0.39, 0.29) is 25.0 Å². The minimum absolute atomic E-state index is 0. The van der Waals surface area contributed by atoms with Gasteiger partial charge in [-0.3, -0.25) is 0 Å². The van der Waals surface area contributed by atoms with E-state index >= 15 is 0 Å². The molecule has 1 saturated carbocycles. The van der Waals surface area contributed by atoms with Crippen molar-refractivity contribution in [3.05, 3.63) is 29.1 Å². The molecule has 1 heterocycles. The number of hydrogen-bond acceptors (Lipinski definition) is 1. The van der Waals surface area contributed by atoms with Crippen LogP contribution in [0.5, 0.6) is 5.75 Å². The Kier molecular flexibility index (Phi) is 2.80. The monoisotopic (exact) mass is 254 g/mol. The summed E-state index contributed by atoms with van der Waals surface area (Å²) >= 11 is 0. The second-order valence-electron chi connectivity index (χ2n) is 5.70. The van der Waals surface area contributed by atoms with E-state index in [1.54, 1.807) is 13.0 Å². The van der Waals surface area contributed by atoms with E-state index in [2.05, 4.69) is 0 Å². The minimum Gasteiger partial charge on any atom is -0.490 e. The van der Waals surface area contributed by atoms with Crippen LogP contribution < -0.4 is 4.74 Å². The van der Waals surface area contributed by atoms with Crippen molar-refractivity contribution in [2.24, 2.45) is 11.8 Å². The van der Waals surface area contributed by atoms with Crippen molar-refractivity contribution in [2.75, 3.05) is 6.61 Å². The normalized spacial score (nSPS) is 34.4.